The summed E-state index contributed by atoms with van der Waals surface area (Å²) in [4.78, 5) is 18.7. The molecule has 0 fully saturated rings. The number of methoxy groups -OCH3 is 1. The van der Waals surface area contributed by atoms with E-state index in [4.69, 9.17) is 21.3 Å². The number of hydrogen-bond acceptors (Lipinski definition) is 5. The fourth-order valence-corrected chi connectivity index (χ4v) is 5.94. The van der Waals surface area contributed by atoms with Gasteiger partial charge in [-0.15, -0.1) is 0 Å². The Morgan fingerprint density at radius 2 is 1.69 bits per heavy atom. The standard InChI is InChI=1S/C27H28ClN3O4S/c1-4-5-18-30(36(33,34)21-16-14-20(28)15-17-21)19(2)26-29-23-11-7-6-10-22(23)27(32)31(26)24-12-8-9-13-25(24)35-3/h6-17,19H,4-5,18H2,1-3H3. The number of nitrogens with zero attached hydrogens (tertiary/aromatic N) is 3. The van der Waals surface area contributed by atoms with Crippen LogP contribution in [0.25, 0.3) is 16.6 Å². The molecule has 0 spiro atoms. The summed E-state index contributed by atoms with van der Waals surface area (Å²) in [5.41, 5.74) is 0.686. The predicted octanol–water partition coefficient (Wildman–Crippen LogP) is 5.60. The van der Waals surface area contributed by atoms with Crippen molar-refractivity contribution in [1.82, 2.24) is 13.9 Å². The van der Waals surface area contributed by atoms with Crippen LogP contribution in [-0.4, -0.2) is 35.9 Å². The Hall–Kier alpha value is -3.20. The van der Waals surface area contributed by atoms with Gasteiger partial charge in [-0.1, -0.05) is 49.2 Å². The van der Waals surface area contributed by atoms with Crippen molar-refractivity contribution in [3.8, 4) is 11.4 Å². The van der Waals surface area contributed by atoms with Crippen molar-refractivity contribution in [2.45, 2.75) is 37.6 Å². The van der Waals surface area contributed by atoms with Crippen LogP contribution >= 0.6 is 11.6 Å². The first kappa shape index (κ1) is 25.9. The zero-order valence-electron chi connectivity index (χ0n) is 20.4. The molecule has 1 atom stereocenters. The average molecular weight is 526 g/mol. The molecule has 0 saturated heterocycles. The molecule has 0 aliphatic heterocycles. The van der Waals surface area contributed by atoms with Crippen LogP contribution in [0.4, 0.5) is 0 Å². The minimum absolute atomic E-state index is 0.127. The molecule has 1 unspecified atom stereocenters. The van der Waals surface area contributed by atoms with Gasteiger partial charge in [0.05, 0.1) is 34.6 Å². The van der Waals surface area contributed by atoms with Crippen molar-refractivity contribution >= 4 is 32.5 Å². The number of halogens is 1. The molecule has 0 bridgehead atoms. The molecule has 4 aromatic rings. The molecule has 0 amide bonds. The van der Waals surface area contributed by atoms with E-state index < -0.39 is 16.1 Å². The van der Waals surface area contributed by atoms with Crippen molar-refractivity contribution in [1.29, 1.82) is 0 Å². The molecule has 188 valence electrons. The van der Waals surface area contributed by atoms with Crippen molar-refractivity contribution < 1.29 is 13.2 Å². The zero-order chi connectivity index (χ0) is 25.9. The van der Waals surface area contributed by atoms with Gasteiger partial charge in [0.25, 0.3) is 5.56 Å². The SMILES string of the molecule is CCCCN(C(C)c1nc2ccccc2c(=O)n1-c1ccccc1OC)S(=O)(=O)c1ccc(Cl)cc1. The summed E-state index contributed by atoms with van der Waals surface area (Å²) in [5, 5.41) is 0.878. The molecular weight excluding hydrogens is 498 g/mol. The zero-order valence-corrected chi connectivity index (χ0v) is 22.0. The number of para-hydroxylation sites is 3. The molecule has 0 saturated carbocycles. The largest absolute Gasteiger partial charge is 0.495 e. The molecule has 1 aromatic heterocycles. The Labute approximate surface area is 216 Å². The smallest absolute Gasteiger partial charge is 0.266 e. The number of sulfonamides is 1. The molecule has 36 heavy (non-hydrogen) atoms. The monoisotopic (exact) mass is 525 g/mol. The summed E-state index contributed by atoms with van der Waals surface area (Å²) < 4.78 is 36.1. The predicted molar refractivity (Wildman–Crippen MR) is 143 cm³/mol. The molecular formula is C27H28ClN3O4S. The first-order valence-electron chi connectivity index (χ1n) is 11.7. The quantitative estimate of drug-likeness (QED) is 0.284. The third-order valence-corrected chi connectivity index (χ3v) is 8.32. The Morgan fingerprint density at radius 1 is 1.03 bits per heavy atom. The minimum Gasteiger partial charge on any atom is -0.495 e. The highest BCUT2D eigenvalue weighted by Gasteiger charge is 2.33. The lowest BCUT2D eigenvalue weighted by molar-refractivity contribution is 0.321. The molecule has 4 rings (SSSR count). The molecule has 1 heterocycles. The van der Waals surface area contributed by atoms with Crippen molar-refractivity contribution in [3.63, 3.8) is 0 Å². The van der Waals surface area contributed by atoms with Gasteiger partial charge in [0, 0.05) is 11.6 Å². The molecule has 0 aliphatic carbocycles. The maximum Gasteiger partial charge on any atom is 0.266 e. The highest BCUT2D eigenvalue weighted by atomic mass is 35.5. The van der Waals surface area contributed by atoms with E-state index in [9.17, 15) is 13.2 Å². The molecule has 3 aromatic carbocycles. The van der Waals surface area contributed by atoms with Gasteiger partial charge in [0.1, 0.15) is 11.6 Å². The minimum atomic E-state index is -3.93. The van der Waals surface area contributed by atoms with E-state index in [2.05, 4.69) is 0 Å². The maximum atomic E-state index is 13.8. The lowest BCUT2D eigenvalue weighted by Gasteiger charge is -2.30. The van der Waals surface area contributed by atoms with E-state index in [0.717, 1.165) is 6.42 Å². The van der Waals surface area contributed by atoms with Crippen LogP contribution in [-0.2, 0) is 10.0 Å². The van der Waals surface area contributed by atoms with Gasteiger partial charge >= 0.3 is 0 Å². The highest BCUT2D eigenvalue weighted by Crippen LogP contribution is 2.31. The molecule has 7 nitrogen and oxygen atoms in total. The maximum absolute atomic E-state index is 13.8. The number of rotatable bonds is 9. The lowest BCUT2D eigenvalue weighted by Crippen LogP contribution is -2.38. The van der Waals surface area contributed by atoms with Crippen LogP contribution in [0.1, 0.15) is 38.6 Å². The number of unbranched alkanes of at least 4 members (excludes halogenated alkanes) is 1. The Balaban J connectivity index is 1.97. The second-order valence-corrected chi connectivity index (χ2v) is 10.7. The van der Waals surface area contributed by atoms with E-state index in [1.807, 2.05) is 13.0 Å². The van der Waals surface area contributed by atoms with Gasteiger partial charge in [0.2, 0.25) is 10.0 Å². The van der Waals surface area contributed by atoms with Crippen molar-refractivity contribution in [3.05, 3.63) is 94.0 Å². The van der Waals surface area contributed by atoms with E-state index >= 15 is 0 Å². The van der Waals surface area contributed by atoms with Crippen LogP contribution in [0.15, 0.2) is 82.5 Å². The lowest BCUT2D eigenvalue weighted by atomic mass is 10.2. The van der Waals surface area contributed by atoms with Crippen molar-refractivity contribution in [2.75, 3.05) is 13.7 Å². The third-order valence-electron chi connectivity index (χ3n) is 6.09. The normalized spacial score (nSPS) is 12.7. The number of fused-ring (bicyclic) bond motifs is 1. The van der Waals surface area contributed by atoms with Gasteiger partial charge in [0.15, 0.2) is 0 Å². The van der Waals surface area contributed by atoms with Gasteiger partial charge in [-0.05, 0) is 61.9 Å². The molecule has 0 N–H and O–H groups in total. The Kier molecular flexibility index (Phi) is 7.78. The second kappa shape index (κ2) is 10.8. The summed E-state index contributed by atoms with van der Waals surface area (Å²) in [6, 6.07) is 19.5. The first-order chi connectivity index (χ1) is 17.3. The fourth-order valence-electron chi connectivity index (χ4n) is 4.18. The number of ether oxygens (including phenoxy) is 1. The molecule has 9 heteroatoms. The van der Waals surface area contributed by atoms with Gasteiger partial charge < -0.3 is 4.74 Å². The summed E-state index contributed by atoms with van der Waals surface area (Å²) in [5.74, 6) is 0.780. The summed E-state index contributed by atoms with van der Waals surface area (Å²) in [7, 11) is -2.40. The fraction of sp³-hybridized carbons (Fsp3) is 0.259. The van der Waals surface area contributed by atoms with Crippen LogP contribution in [0.3, 0.4) is 0 Å². The van der Waals surface area contributed by atoms with E-state index in [-0.39, 0.29) is 17.0 Å². The van der Waals surface area contributed by atoms with Crippen LogP contribution in [0.2, 0.25) is 5.02 Å². The Bertz CT molecular complexity index is 1540. The topological polar surface area (TPSA) is 81.5 Å². The van der Waals surface area contributed by atoms with E-state index in [1.165, 1.54) is 28.1 Å². The third kappa shape index (κ3) is 4.89. The molecule has 0 radical (unpaired) electrons. The summed E-state index contributed by atoms with van der Waals surface area (Å²) in [6.07, 6.45) is 1.44. The second-order valence-electron chi connectivity index (χ2n) is 8.40. The van der Waals surface area contributed by atoms with E-state index in [0.29, 0.717) is 39.6 Å². The van der Waals surface area contributed by atoms with E-state index in [1.54, 1.807) is 61.5 Å². The number of benzene rings is 3. The Morgan fingerprint density at radius 3 is 2.39 bits per heavy atom. The van der Waals surface area contributed by atoms with Crippen LogP contribution < -0.4 is 10.3 Å². The molecule has 0 aliphatic rings. The summed E-state index contributed by atoms with van der Waals surface area (Å²) >= 11 is 6.01. The van der Waals surface area contributed by atoms with Crippen LogP contribution in [0, 0.1) is 0 Å². The van der Waals surface area contributed by atoms with Crippen molar-refractivity contribution in [2.24, 2.45) is 0 Å². The highest BCUT2D eigenvalue weighted by molar-refractivity contribution is 7.89. The van der Waals surface area contributed by atoms with Gasteiger partial charge in [-0.2, -0.15) is 4.31 Å². The van der Waals surface area contributed by atoms with Gasteiger partial charge in [-0.3, -0.25) is 9.36 Å². The number of hydrogen-bond donors (Lipinski definition) is 0. The van der Waals surface area contributed by atoms with Gasteiger partial charge in [-0.25, -0.2) is 13.4 Å². The average Bonchev–Trinajstić information content (AvgIpc) is 2.89. The first-order valence-corrected chi connectivity index (χ1v) is 13.5. The van der Waals surface area contributed by atoms with Crippen LogP contribution in [0.5, 0.6) is 5.75 Å². The number of aromatic nitrogens is 2. The summed E-state index contributed by atoms with van der Waals surface area (Å²) in [6.45, 7) is 4.01.